The van der Waals surface area contributed by atoms with E-state index in [-0.39, 0.29) is 11.9 Å². The Bertz CT molecular complexity index is 321. The van der Waals surface area contributed by atoms with Crippen molar-refractivity contribution in [1.29, 1.82) is 0 Å². The maximum absolute atomic E-state index is 11.7. The number of rotatable bonds is 3. The lowest BCUT2D eigenvalue weighted by atomic mass is 10.0. The predicted octanol–water partition coefficient (Wildman–Crippen LogP) is 2.34. The molecule has 2 rings (SSSR count). The Labute approximate surface area is 83.0 Å². The van der Waals surface area contributed by atoms with Crippen molar-refractivity contribution >= 4 is 5.78 Å². The quantitative estimate of drug-likeness (QED) is 0.693. The van der Waals surface area contributed by atoms with E-state index in [9.17, 15) is 4.79 Å². The molecule has 1 aromatic rings. The summed E-state index contributed by atoms with van der Waals surface area (Å²) in [5.41, 5.74) is 1.61. The largest absolute Gasteiger partial charge is 0.472 e. The fourth-order valence-electron chi connectivity index (χ4n) is 1.77. The molecular formula is C11H14O3. The first-order chi connectivity index (χ1) is 6.77. The van der Waals surface area contributed by atoms with Crippen molar-refractivity contribution in [1.82, 2.24) is 0 Å². The number of ether oxygens (including phenoxy) is 1. The molecule has 0 amide bonds. The SMILES string of the molecule is Cc1cocc1C(=O)CC1CCCO1. The zero-order chi connectivity index (χ0) is 9.97. The summed E-state index contributed by atoms with van der Waals surface area (Å²) in [5, 5.41) is 0. The molecular weight excluding hydrogens is 180 g/mol. The van der Waals surface area contributed by atoms with Crippen LogP contribution >= 0.6 is 0 Å². The first-order valence-corrected chi connectivity index (χ1v) is 4.95. The Morgan fingerprint density at radius 3 is 3.00 bits per heavy atom. The van der Waals surface area contributed by atoms with Crippen molar-refractivity contribution < 1.29 is 13.9 Å². The van der Waals surface area contributed by atoms with Gasteiger partial charge in [-0.25, -0.2) is 0 Å². The first-order valence-electron chi connectivity index (χ1n) is 4.95. The van der Waals surface area contributed by atoms with Gasteiger partial charge in [-0.05, 0) is 25.3 Å². The molecule has 0 N–H and O–H groups in total. The third kappa shape index (κ3) is 1.87. The minimum atomic E-state index is 0.122. The van der Waals surface area contributed by atoms with Gasteiger partial charge in [0.2, 0.25) is 0 Å². The second-order valence-electron chi connectivity index (χ2n) is 3.73. The molecule has 76 valence electrons. The van der Waals surface area contributed by atoms with E-state index in [0.29, 0.717) is 12.0 Å². The van der Waals surface area contributed by atoms with Gasteiger partial charge in [0.1, 0.15) is 6.26 Å². The lowest BCUT2D eigenvalue weighted by Gasteiger charge is -2.06. The number of furan rings is 1. The van der Waals surface area contributed by atoms with Gasteiger partial charge in [-0.3, -0.25) is 4.79 Å². The molecule has 3 heteroatoms. The summed E-state index contributed by atoms with van der Waals surface area (Å²) in [7, 11) is 0. The molecule has 14 heavy (non-hydrogen) atoms. The molecule has 2 heterocycles. The summed E-state index contributed by atoms with van der Waals surface area (Å²) in [6.45, 7) is 2.68. The molecule has 1 atom stereocenters. The number of ketones is 1. The maximum Gasteiger partial charge on any atom is 0.168 e. The van der Waals surface area contributed by atoms with Crippen LogP contribution in [-0.2, 0) is 4.74 Å². The third-order valence-electron chi connectivity index (χ3n) is 2.59. The van der Waals surface area contributed by atoms with Crippen LogP contribution in [0, 0.1) is 6.92 Å². The van der Waals surface area contributed by atoms with Gasteiger partial charge in [-0.15, -0.1) is 0 Å². The normalized spacial score (nSPS) is 21.4. The van der Waals surface area contributed by atoms with Crippen LogP contribution in [0.25, 0.3) is 0 Å². The van der Waals surface area contributed by atoms with Gasteiger partial charge in [0.25, 0.3) is 0 Å². The molecule has 1 aromatic heterocycles. The molecule has 0 radical (unpaired) electrons. The summed E-state index contributed by atoms with van der Waals surface area (Å²) in [5.74, 6) is 0.128. The van der Waals surface area contributed by atoms with E-state index in [2.05, 4.69) is 0 Å². The van der Waals surface area contributed by atoms with E-state index in [1.54, 1.807) is 6.26 Å². The van der Waals surface area contributed by atoms with Gasteiger partial charge >= 0.3 is 0 Å². The average Bonchev–Trinajstić information content (AvgIpc) is 2.75. The van der Waals surface area contributed by atoms with Gasteiger partial charge in [0, 0.05) is 13.0 Å². The Kier molecular flexibility index (Phi) is 2.68. The van der Waals surface area contributed by atoms with Crippen molar-refractivity contribution in [2.24, 2.45) is 0 Å². The van der Waals surface area contributed by atoms with Crippen LogP contribution < -0.4 is 0 Å². The van der Waals surface area contributed by atoms with Gasteiger partial charge in [-0.2, -0.15) is 0 Å². The maximum atomic E-state index is 11.7. The number of hydrogen-bond acceptors (Lipinski definition) is 3. The second-order valence-corrected chi connectivity index (χ2v) is 3.73. The lowest BCUT2D eigenvalue weighted by Crippen LogP contribution is -2.12. The fourth-order valence-corrected chi connectivity index (χ4v) is 1.77. The molecule has 0 bridgehead atoms. The highest BCUT2D eigenvalue weighted by atomic mass is 16.5. The molecule has 0 spiro atoms. The Morgan fingerprint density at radius 2 is 2.43 bits per heavy atom. The summed E-state index contributed by atoms with van der Waals surface area (Å²) in [6, 6.07) is 0. The molecule has 1 aliphatic rings. The highest BCUT2D eigenvalue weighted by Crippen LogP contribution is 2.19. The van der Waals surface area contributed by atoms with Crippen LogP contribution in [0.5, 0.6) is 0 Å². The Morgan fingerprint density at radius 1 is 1.57 bits per heavy atom. The van der Waals surface area contributed by atoms with E-state index in [1.807, 2.05) is 6.92 Å². The fraction of sp³-hybridized carbons (Fsp3) is 0.545. The number of carbonyl (C=O) groups excluding carboxylic acids is 1. The zero-order valence-corrected chi connectivity index (χ0v) is 8.29. The van der Waals surface area contributed by atoms with Crippen molar-refractivity contribution in [2.75, 3.05) is 6.61 Å². The van der Waals surface area contributed by atoms with Crippen molar-refractivity contribution in [3.63, 3.8) is 0 Å². The second kappa shape index (κ2) is 3.96. The van der Waals surface area contributed by atoms with E-state index in [0.717, 1.165) is 25.0 Å². The van der Waals surface area contributed by atoms with Crippen LogP contribution in [0.3, 0.4) is 0 Å². The van der Waals surface area contributed by atoms with Crippen LogP contribution in [-0.4, -0.2) is 18.5 Å². The van der Waals surface area contributed by atoms with Crippen molar-refractivity contribution in [3.05, 3.63) is 23.7 Å². The first kappa shape index (κ1) is 9.46. The highest BCUT2D eigenvalue weighted by molar-refractivity contribution is 5.97. The number of hydrogen-bond donors (Lipinski definition) is 0. The molecule has 1 saturated heterocycles. The molecule has 0 aromatic carbocycles. The highest BCUT2D eigenvalue weighted by Gasteiger charge is 2.21. The Balaban J connectivity index is 1.98. The standard InChI is InChI=1S/C11H14O3/c1-8-6-13-7-10(8)11(12)5-9-3-2-4-14-9/h6-7,9H,2-5H2,1H3. The molecule has 0 saturated carbocycles. The topological polar surface area (TPSA) is 39.4 Å². The van der Waals surface area contributed by atoms with Gasteiger partial charge in [0.15, 0.2) is 5.78 Å². The number of Topliss-reactive ketones (excluding diaryl/α,β-unsaturated/α-hetero) is 1. The summed E-state index contributed by atoms with van der Waals surface area (Å²) >= 11 is 0. The van der Waals surface area contributed by atoms with Crippen molar-refractivity contribution in [2.45, 2.75) is 32.3 Å². The monoisotopic (exact) mass is 194 g/mol. The summed E-state index contributed by atoms with van der Waals surface area (Å²) in [4.78, 5) is 11.7. The molecule has 0 aliphatic carbocycles. The van der Waals surface area contributed by atoms with Crippen LogP contribution in [0.1, 0.15) is 35.2 Å². The van der Waals surface area contributed by atoms with Gasteiger partial charge in [-0.1, -0.05) is 0 Å². The third-order valence-corrected chi connectivity index (χ3v) is 2.59. The zero-order valence-electron chi connectivity index (χ0n) is 8.29. The molecule has 1 aliphatic heterocycles. The minimum Gasteiger partial charge on any atom is -0.472 e. The minimum absolute atomic E-state index is 0.122. The summed E-state index contributed by atoms with van der Waals surface area (Å²) < 4.78 is 10.4. The molecule has 1 fully saturated rings. The van der Waals surface area contributed by atoms with Crippen LogP contribution in [0.2, 0.25) is 0 Å². The Hall–Kier alpha value is -1.09. The van der Waals surface area contributed by atoms with Gasteiger partial charge in [0.05, 0.1) is 17.9 Å². The predicted molar refractivity (Wildman–Crippen MR) is 51.4 cm³/mol. The van der Waals surface area contributed by atoms with E-state index in [1.165, 1.54) is 6.26 Å². The number of carbonyl (C=O) groups is 1. The van der Waals surface area contributed by atoms with E-state index in [4.69, 9.17) is 9.15 Å². The average molecular weight is 194 g/mol. The smallest absolute Gasteiger partial charge is 0.168 e. The molecule has 3 nitrogen and oxygen atoms in total. The van der Waals surface area contributed by atoms with Crippen LogP contribution in [0.15, 0.2) is 16.9 Å². The number of aryl methyl sites for hydroxylation is 1. The lowest BCUT2D eigenvalue weighted by molar-refractivity contribution is 0.0775. The van der Waals surface area contributed by atoms with Crippen molar-refractivity contribution in [3.8, 4) is 0 Å². The van der Waals surface area contributed by atoms with Gasteiger partial charge < -0.3 is 9.15 Å². The van der Waals surface area contributed by atoms with E-state index >= 15 is 0 Å². The molecule has 1 unspecified atom stereocenters. The van der Waals surface area contributed by atoms with Crippen LogP contribution in [0.4, 0.5) is 0 Å². The summed E-state index contributed by atoms with van der Waals surface area (Å²) in [6.07, 6.45) is 5.80. The van der Waals surface area contributed by atoms with E-state index < -0.39 is 0 Å².